The van der Waals surface area contributed by atoms with Crippen molar-refractivity contribution in [3.63, 3.8) is 0 Å². The molecule has 0 fully saturated rings. The van der Waals surface area contributed by atoms with Gasteiger partial charge in [-0.15, -0.1) is 0 Å². The second-order valence-electron chi connectivity index (χ2n) is 7.11. The maximum absolute atomic E-state index is 12.0. The van der Waals surface area contributed by atoms with Gasteiger partial charge in [-0.1, -0.05) is 29.5 Å². The van der Waals surface area contributed by atoms with Crippen molar-refractivity contribution in [1.82, 2.24) is 19.9 Å². The van der Waals surface area contributed by atoms with Crippen molar-refractivity contribution >= 4 is 60.6 Å². The first-order valence-electron chi connectivity index (χ1n) is 9.86. The van der Waals surface area contributed by atoms with Crippen LogP contribution in [0, 0.1) is 17.0 Å². The summed E-state index contributed by atoms with van der Waals surface area (Å²) in [5.41, 5.74) is 2.59. The first kappa shape index (κ1) is 20.5. The highest BCUT2D eigenvalue weighted by Crippen LogP contribution is 2.36. The monoisotopic (exact) mass is 459 g/mol. The first-order chi connectivity index (χ1) is 16.0. The van der Waals surface area contributed by atoms with Gasteiger partial charge in [0.1, 0.15) is 12.1 Å². The normalized spacial score (nSPS) is 11.0. The number of nitro groups is 1. The summed E-state index contributed by atoms with van der Waals surface area (Å²) in [6.07, 6.45) is 1.26. The number of ether oxygens (including phenoxy) is 1. The smallest absolute Gasteiger partial charge is 0.353 e. The minimum atomic E-state index is -0.523. The standard InChI is InChI=1S/C22H17N7O3S/c1-12-6-7-13-4-3-5-16(18(13)25-12)26-20-19(29(30)31)21(24-11-23-20)28-22-27-15-9-8-14(32-2)10-17(15)33-22/h3-11H,1-2H3,(H2,23,24,26,27,28). The van der Waals surface area contributed by atoms with Crippen LogP contribution in [-0.4, -0.2) is 32.0 Å². The number of rotatable bonds is 6. The summed E-state index contributed by atoms with van der Waals surface area (Å²) < 4.78 is 6.12. The molecule has 0 unspecified atom stereocenters. The Hall–Kier alpha value is -4.38. The van der Waals surface area contributed by atoms with Gasteiger partial charge < -0.3 is 15.4 Å². The fourth-order valence-electron chi connectivity index (χ4n) is 3.39. The number of nitrogens with one attached hydrogen (secondary N) is 2. The summed E-state index contributed by atoms with van der Waals surface area (Å²) in [6.45, 7) is 1.89. The van der Waals surface area contributed by atoms with E-state index in [1.165, 1.54) is 17.7 Å². The molecule has 0 saturated heterocycles. The van der Waals surface area contributed by atoms with Gasteiger partial charge in [-0.05, 0) is 37.3 Å². The molecule has 0 aliphatic heterocycles. The summed E-state index contributed by atoms with van der Waals surface area (Å²) in [4.78, 5) is 28.7. The molecule has 2 N–H and O–H groups in total. The summed E-state index contributed by atoms with van der Waals surface area (Å²) in [6, 6.07) is 14.9. The third kappa shape index (κ3) is 3.96. The fraction of sp³-hybridized carbons (Fsp3) is 0.0909. The highest BCUT2D eigenvalue weighted by atomic mass is 32.1. The zero-order valence-electron chi connectivity index (χ0n) is 17.6. The molecule has 0 aliphatic carbocycles. The molecule has 3 aromatic heterocycles. The number of anilines is 4. The van der Waals surface area contributed by atoms with Gasteiger partial charge in [0.15, 0.2) is 5.13 Å². The van der Waals surface area contributed by atoms with Crippen LogP contribution in [0.3, 0.4) is 0 Å². The number of nitrogens with zero attached hydrogens (tertiary/aromatic N) is 5. The molecule has 33 heavy (non-hydrogen) atoms. The number of methoxy groups -OCH3 is 1. The number of thiazole rings is 1. The lowest BCUT2D eigenvalue weighted by molar-refractivity contribution is -0.383. The molecular weight excluding hydrogens is 442 g/mol. The molecule has 0 spiro atoms. The quantitative estimate of drug-likeness (QED) is 0.255. The molecule has 164 valence electrons. The molecule has 0 atom stereocenters. The Bertz CT molecular complexity index is 1520. The Morgan fingerprint density at radius 1 is 1.03 bits per heavy atom. The SMILES string of the molecule is COc1ccc2nc(Nc3ncnc(Nc4cccc5ccc(C)nc45)c3[N+](=O)[O-])sc2c1. The van der Waals surface area contributed by atoms with Crippen molar-refractivity contribution in [3.05, 3.63) is 70.7 Å². The summed E-state index contributed by atoms with van der Waals surface area (Å²) >= 11 is 1.34. The van der Waals surface area contributed by atoms with E-state index in [1.807, 2.05) is 43.3 Å². The van der Waals surface area contributed by atoms with E-state index in [0.29, 0.717) is 22.1 Å². The third-order valence-electron chi connectivity index (χ3n) is 4.94. The molecule has 0 aliphatic rings. The van der Waals surface area contributed by atoms with Crippen LogP contribution in [0.2, 0.25) is 0 Å². The Kier molecular flexibility index (Phi) is 5.15. The van der Waals surface area contributed by atoms with E-state index in [1.54, 1.807) is 19.2 Å². The van der Waals surface area contributed by atoms with Gasteiger partial charge in [-0.3, -0.25) is 15.1 Å². The highest BCUT2D eigenvalue weighted by molar-refractivity contribution is 7.22. The van der Waals surface area contributed by atoms with E-state index in [9.17, 15) is 10.1 Å². The Morgan fingerprint density at radius 2 is 1.85 bits per heavy atom. The van der Waals surface area contributed by atoms with E-state index in [-0.39, 0.29) is 17.3 Å². The van der Waals surface area contributed by atoms with Crippen molar-refractivity contribution < 1.29 is 9.66 Å². The minimum absolute atomic E-state index is 0.0351. The molecule has 5 aromatic rings. The maximum atomic E-state index is 12.0. The largest absolute Gasteiger partial charge is 0.497 e. The summed E-state index contributed by atoms with van der Waals surface area (Å²) in [5, 5.41) is 19.4. The lowest BCUT2D eigenvalue weighted by atomic mass is 10.1. The number of aryl methyl sites for hydroxylation is 1. The van der Waals surface area contributed by atoms with Crippen molar-refractivity contribution in [1.29, 1.82) is 0 Å². The van der Waals surface area contributed by atoms with Crippen molar-refractivity contribution in [3.8, 4) is 5.75 Å². The van der Waals surface area contributed by atoms with Gasteiger partial charge in [0.05, 0.1) is 33.5 Å². The van der Waals surface area contributed by atoms with E-state index in [0.717, 1.165) is 21.3 Å². The van der Waals surface area contributed by atoms with E-state index in [4.69, 9.17) is 4.74 Å². The summed E-state index contributed by atoms with van der Waals surface area (Å²) in [5.74, 6) is 0.792. The van der Waals surface area contributed by atoms with Crippen molar-refractivity contribution in [2.24, 2.45) is 0 Å². The van der Waals surface area contributed by atoms with Crippen LogP contribution in [0.15, 0.2) is 54.9 Å². The summed E-state index contributed by atoms with van der Waals surface area (Å²) in [7, 11) is 1.59. The van der Waals surface area contributed by atoms with Crippen LogP contribution in [0.1, 0.15) is 5.69 Å². The molecule has 11 heteroatoms. The van der Waals surface area contributed by atoms with E-state index < -0.39 is 4.92 Å². The molecule has 3 heterocycles. The third-order valence-corrected chi connectivity index (χ3v) is 5.87. The predicted octanol–water partition coefficient (Wildman–Crippen LogP) is 5.35. The predicted molar refractivity (Wildman–Crippen MR) is 128 cm³/mol. The number of hydrogen-bond acceptors (Lipinski definition) is 10. The van der Waals surface area contributed by atoms with Gasteiger partial charge >= 0.3 is 5.69 Å². The van der Waals surface area contributed by atoms with Gasteiger partial charge in [0.2, 0.25) is 11.6 Å². The molecule has 0 radical (unpaired) electrons. The molecule has 10 nitrogen and oxygen atoms in total. The Balaban J connectivity index is 1.53. The van der Waals surface area contributed by atoms with Gasteiger partial charge in [0, 0.05) is 11.1 Å². The molecule has 2 aromatic carbocycles. The zero-order chi connectivity index (χ0) is 22.9. The van der Waals surface area contributed by atoms with E-state index in [2.05, 4.69) is 30.6 Å². The first-order valence-corrected chi connectivity index (χ1v) is 10.7. The molecular formula is C22H17N7O3S. The fourth-order valence-corrected chi connectivity index (χ4v) is 4.29. The van der Waals surface area contributed by atoms with Crippen LogP contribution in [-0.2, 0) is 0 Å². The highest BCUT2D eigenvalue weighted by Gasteiger charge is 2.24. The molecule has 0 amide bonds. The number of benzene rings is 2. The van der Waals surface area contributed by atoms with Crippen molar-refractivity contribution in [2.75, 3.05) is 17.7 Å². The Morgan fingerprint density at radius 3 is 2.64 bits per heavy atom. The molecule has 0 saturated carbocycles. The van der Waals surface area contributed by atoms with Crippen LogP contribution < -0.4 is 15.4 Å². The molecule has 0 bridgehead atoms. The number of para-hydroxylation sites is 1. The average molecular weight is 459 g/mol. The van der Waals surface area contributed by atoms with Crippen LogP contribution >= 0.6 is 11.3 Å². The molecule has 5 rings (SSSR count). The van der Waals surface area contributed by atoms with Gasteiger partial charge in [-0.2, -0.15) is 0 Å². The van der Waals surface area contributed by atoms with Crippen LogP contribution in [0.4, 0.5) is 28.1 Å². The zero-order valence-corrected chi connectivity index (χ0v) is 18.4. The lowest BCUT2D eigenvalue weighted by Gasteiger charge is -2.11. The van der Waals surface area contributed by atoms with Gasteiger partial charge in [-0.25, -0.2) is 15.0 Å². The minimum Gasteiger partial charge on any atom is -0.497 e. The van der Waals surface area contributed by atoms with E-state index >= 15 is 0 Å². The lowest BCUT2D eigenvalue weighted by Crippen LogP contribution is -2.06. The van der Waals surface area contributed by atoms with Crippen LogP contribution in [0.25, 0.3) is 21.1 Å². The van der Waals surface area contributed by atoms with Crippen molar-refractivity contribution in [2.45, 2.75) is 6.92 Å². The van der Waals surface area contributed by atoms with Gasteiger partial charge in [0.25, 0.3) is 0 Å². The Labute approximate surface area is 191 Å². The average Bonchev–Trinajstić information content (AvgIpc) is 3.20. The van der Waals surface area contributed by atoms with Crippen LogP contribution in [0.5, 0.6) is 5.75 Å². The number of fused-ring (bicyclic) bond motifs is 2. The maximum Gasteiger partial charge on any atom is 0.353 e. The number of pyridine rings is 1. The second-order valence-corrected chi connectivity index (χ2v) is 8.14. The number of hydrogen-bond donors (Lipinski definition) is 2. The second kappa shape index (κ2) is 8.28. The topological polar surface area (TPSA) is 128 Å². The number of aromatic nitrogens is 4.